The Labute approximate surface area is 101 Å². The monoisotopic (exact) mass is 218 g/mol. The molecule has 0 spiro atoms. The highest BCUT2D eigenvalue weighted by molar-refractivity contribution is 5.38. The number of rotatable bonds is 3. The topological polar surface area (TPSA) is 0 Å². The fraction of sp³-hybridized carbons (Fsp3) is 0.625. The largest absolute Gasteiger partial charge is 0.0651 e. The molecule has 0 unspecified atom stereocenters. The normalized spacial score (nSPS) is 12.2. The van der Waals surface area contributed by atoms with Crippen LogP contribution < -0.4 is 0 Å². The molecule has 16 heavy (non-hydrogen) atoms. The summed E-state index contributed by atoms with van der Waals surface area (Å²) < 4.78 is 0. The van der Waals surface area contributed by atoms with E-state index in [1.54, 1.807) is 0 Å². The molecule has 0 radical (unpaired) electrons. The van der Waals surface area contributed by atoms with Gasteiger partial charge < -0.3 is 0 Å². The van der Waals surface area contributed by atoms with Crippen molar-refractivity contribution < 1.29 is 0 Å². The van der Waals surface area contributed by atoms with E-state index in [0.29, 0.717) is 5.92 Å². The summed E-state index contributed by atoms with van der Waals surface area (Å²) in [6.07, 6.45) is 2.43. The molecule has 0 fully saturated rings. The number of hydrogen-bond donors (Lipinski definition) is 0. The zero-order chi connectivity index (χ0) is 12.3. The molecule has 1 aromatic carbocycles. The molecule has 0 amide bonds. The van der Waals surface area contributed by atoms with Gasteiger partial charge in [0.25, 0.3) is 0 Å². The van der Waals surface area contributed by atoms with Crippen LogP contribution in [0.3, 0.4) is 0 Å². The molecule has 0 atom stereocenters. The van der Waals surface area contributed by atoms with E-state index in [0.717, 1.165) is 0 Å². The number of aryl methyl sites for hydroxylation is 1. The van der Waals surface area contributed by atoms with Gasteiger partial charge in [0.05, 0.1) is 0 Å². The van der Waals surface area contributed by atoms with Gasteiger partial charge in [0.2, 0.25) is 0 Å². The second kappa shape index (κ2) is 5.03. The van der Waals surface area contributed by atoms with Crippen LogP contribution in [0.15, 0.2) is 18.2 Å². The van der Waals surface area contributed by atoms with E-state index < -0.39 is 0 Å². The Bertz CT molecular complexity index is 340. The zero-order valence-electron chi connectivity index (χ0n) is 11.7. The Morgan fingerprint density at radius 2 is 1.75 bits per heavy atom. The van der Waals surface area contributed by atoms with Crippen molar-refractivity contribution in [3.05, 3.63) is 34.9 Å². The van der Waals surface area contributed by atoms with Crippen LogP contribution in [-0.4, -0.2) is 0 Å². The van der Waals surface area contributed by atoms with Gasteiger partial charge in [-0.05, 0) is 34.4 Å². The molecule has 0 saturated heterocycles. The fourth-order valence-electron chi connectivity index (χ4n) is 2.22. The van der Waals surface area contributed by atoms with Gasteiger partial charge in [-0.25, -0.2) is 0 Å². The van der Waals surface area contributed by atoms with Gasteiger partial charge in [-0.2, -0.15) is 0 Å². The quantitative estimate of drug-likeness (QED) is 0.665. The van der Waals surface area contributed by atoms with Gasteiger partial charge in [0.15, 0.2) is 0 Å². The van der Waals surface area contributed by atoms with Gasteiger partial charge in [-0.3, -0.25) is 0 Å². The van der Waals surface area contributed by atoms with Gasteiger partial charge in [0.1, 0.15) is 0 Å². The van der Waals surface area contributed by atoms with E-state index in [-0.39, 0.29) is 5.41 Å². The minimum Gasteiger partial charge on any atom is -0.0651 e. The predicted molar refractivity (Wildman–Crippen MR) is 73.2 cm³/mol. The van der Waals surface area contributed by atoms with E-state index >= 15 is 0 Å². The van der Waals surface area contributed by atoms with Crippen LogP contribution in [0.2, 0.25) is 0 Å². The summed E-state index contributed by atoms with van der Waals surface area (Å²) in [4.78, 5) is 0. The van der Waals surface area contributed by atoms with E-state index in [4.69, 9.17) is 0 Å². The molecule has 0 heterocycles. The molecule has 0 bridgehead atoms. The highest BCUT2D eigenvalue weighted by atomic mass is 14.2. The predicted octanol–water partition coefficient (Wildman–Crippen LogP) is 5.06. The van der Waals surface area contributed by atoms with E-state index in [2.05, 4.69) is 59.7 Å². The van der Waals surface area contributed by atoms with Crippen molar-refractivity contribution >= 4 is 0 Å². The van der Waals surface area contributed by atoms with Crippen molar-refractivity contribution in [3.8, 4) is 0 Å². The maximum atomic E-state index is 2.41. The SMILES string of the molecule is CCCc1ccc(C(C)(C)C)c(C(C)C)c1. The summed E-state index contributed by atoms with van der Waals surface area (Å²) >= 11 is 0. The third kappa shape index (κ3) is 3.10. The van der Waals surface area contributed by atoms with Gasteiger partial charge in [-0.15, -0.1) is 0 Å². The molecule has 0 aliphatic rings. The lowest BCUT2D eigenvalue weighted by atomic mass is 9.80. The van der Waals surface area contributed by atoms with Crippen molar-refractivity contribution in [2.24, 2.45) is 0 Å². The number of hydrogen-bond acceptors (Lipinski definition) is 0. The third-order valence-corrected chi connectivity index (χ3v) is 3.08. The van der Waals surface area contributed by atoms with Crippen molar-refractivity contribution in [1.29, 1.82) is 0 Å². The van der Waals surface area contributed by atoms with Crippen molar-refractivity contribution in [2.45, 2.75) is 65.7 Å². The van der Waals surface area contributed by atoms with Crippen LogP contribution >= 0.6 is 0 Å². The summed E-state index contributed by atoms with van der Waals surface area (Å²) in [5.74, 6) is 0.617. The molecule has 1 aromatic rings. The smallest absolute Gasteiger partial charge is 0.0129 e. The van der Waals surface area contributed by atoms with Gasteiger partial charge in [-0.1, -0.05) is 66.2 Å². The highest BCUT2D eigenvalue weighted by Crippen LogP contribution is 2.31. The minimum atomic E-state index is 0.254. The van der Waals surface area contributed by atoms with Crippen LogP contribution in [0, 0.1) is 0 Å². The maximum Gasteiger partial charge on any atom is -0.0129 e. The molecular formula is C16H26. The Hall–Kier alpha value is -0.780. The average molecular weight is 218 g/mol. The first-order chi connectivity index (χ1) is 7.36. The fourth-order valence-corrected chi connectivity index (χ4v) is 2.22. The molecule has 0 nitrogen and oxygen atoms in total. The molecule has 0 aromatic heterocycles. The van der Waals surface area contributed by atoms with Crippen LogP contribution in [0.1, 0.15) is 70.6 Å². The Morgan fingerprint density at radius 1 is 1.12 bits per heavy atom. The molecular weight excluding hydrogens is 192 g/mol. The summed E-state index contributed by atoms with van der Waals surface area (Å²) in [5.41, 5.74) is 4.77. The average Bonchev–Trinajstić information content (AvgIpc) is 2.16. The Morgan fingerprint density at radius 3 is 2.19 bits per heavy atom. The second-order valence-electron chi connectivity index (χ2n) is 6.08. The first-order valence-electron chi connectivity index (χ1n) is 6.49. The lowest BCUT2D eigenvalue weighted by molar-refractivity contribution is 0.576. The van der Waals surface area contributed by atoms with E-state index in [1.165, 1.54) is 29.5 Å². The molecule has 0 saturated carbocycles. The minimum absolute atomic E-state index is 0.254. The summed E-state index contributed by atoms with van der Waals surface area (Å²) in [7, 11) is 0. The van der Waals surface area contributed by atoms with E-state index in [1.807, 2.05) is 0 Å². The second-order valence-corrected chi connectivity index (χ2v) is 6.08. The first kappa shape index (κ1) is 13.3. The Balaban J connectivity index is 3.20. The van der Waals surface area contributed by atoms with Crippen LogP contribution in [0.5, 0.6) is 0 Å². The lowest BCUT2D eigenvalue weighted by Gasteiger charge is -2.25. The van der Waals surface area contributed by atoms with Crippen molar-refractivity contribution in [1.82, 2.24) is 0 Å². The molecule has 0 heteroatoms. The summed E-state index contributed by atoms with van der Waals surface area (Å²) in [6, 6.07) is 7.05. The summed E-state index contributed by atoms with van der Waals surface area (Å²) in [5, 5.41) is 0. The molecule has 90 valence electrons. The Kier molecular flexibility index (Phi) is 4.18. The molecule has 0 aliphatic carbocycles. The number of benzene rings is 1. The molecule has 0 aliphatic heterocycles. The highest BCUT2D eigenvalue weighted by Gasteiger charge is 2.19. The van der Waals surface area contributed by atoms with Crippen LogP contribution in [0.4, 0.5) is 0 Å². The molecule has 0 N–H and O–H groups in total. The van der Waals surface area contributed by atoms with Crippen molar-refractivity contribution in [3.63, 3.8) is 0 Å². The first-order valence-corrected chi connectivity index (χ1v) is 6.49. The van der Waals surface area contributed by atoms with Crippen molar-refractivity contribution in [2.75, 3.05) is 0 Å². The molecule has 1 rings (SSSR count). The summed E-state index contributed by atoms with van der Waals surface area (Å²) in [6.45, 7) is 13.7. The zero-order valence-corrected chi connectivity index (χ0v) is 11.7. The van der Waals surface area contributed by atoms with E-state index in [9.17, 15) is 0 Å². The maximum absolute atomic E-state index is 2.41. The van der Waals surface area contributed by atoms with Crippen LogP contribution in [-0.2, 0) is 11.8 Å². The lowest BCUT2D eigenvalue weighted by Crippen LogP contribution is -2.15. The standard InChI is InChI=1S/C16H26/c1-7-8-13-9-10-15(16(4,5)6)14(11-13)12(2)3/h9-12H,7-8H2,1-6H3. The van der Waals surface area contributed by atoms with Crippen LogP contribution in [0.25, 0.3) is 0 Å². The van der Waals surface area contributed by atoms with Gasteiger partial charge in [0, 0.05) is 0 Å². The van der Waals surface area contributed by atoms with Gasteiger partial charge >= 0.3 is 0 Å². The third-order valence-electron chi connectivity index (χ3n) is 3.08.